The number of hydrazone groups is 1. The number of halogens is 1. The number of allylic oxidation sites excluding steroid dienone is 2. The van der Waals surface area contributed by atoms with Crippen LogP contribution in [0.5, 0.6) is 5.75 Å². The number of rotatable bonds is 28. The summed E-state index contributed by atoms with van der Waals surface area (Å²) in [5.74, 6) is -2.49. The molecule has 89 heavy (non-hydrogen) atoms. The molecule has 33 nitrogen and oxygen atoms in total. The number of aliphatic hydroxyl groups excluding tert-OH is 10. The first-order chi connectivity index (χ1) is 42.5. The van der Waals surface area contributed by atoms with Crippen LogP contribution in [0.1, 0.15) is 87.9 Å². The van der Waals surface area contributed by atoms with Crippen LogP contribution in [0.25, 0.3) is 0 Å². The molecule has 1 aromatic heterocycles. The van der Waals surface area contributed by atoms with Crippen molar-refractivity contribution in [1.29, 1.82) is 0 Å². The van der Waals surface area contributed by atoms with Gasteiger partial charge in [0, 0.05) is 44.5 Å². The van der Waals surface area contributed by atoms with Crippen molar-refractivity contribution in [1.82, 2.24) is 36.9 Å². The number of unbranched alkanes of at least 4 members (excludes halogenated alkanes) is 5. The Kier molecular flexibility index (Phi) is 31.0. The second kappa shape index (κ2) is 37.2. The number of thiazole rings is 1. The highest BCUT2D eigenvalue weighted by Gasteiger charge is 2.56. The van der Waals surface area contributed by atoms with E-state index in [9.17, 15) is 80.4 Å². The highest BCUT2D eigenvalue weighted by Crippen LogP contribution is 2.35. The number of nitrogens with zero attached hydrogens (tertiary/aromatic N) is 3. The number of aromatic nitrogens is 1. The number of aliphatic hydroxyl groups is 10. The van der Waals surface area contributed by atoms with E-state index < -0.39 is 178 Å². The van der Waals surface area contributed by atoms with E-state index >= 15 is 0 Å². The molecular weight excluding hydrogens is 1230 g/mol. The fourth-order valence-electron chi connectivity index (χ4n) is 10.0. The van der Waals surface area contributed by atoms with Gasteiger partial charge >= 0.3 is 0 Å². The SMILES string of the molecule is CCCCCC/C=C\CCCOc1cccc(C(=O)N[C@H]2[C@H](O[C@H]3[C@H](O)[C@@H](NC(C)=O)[C@H](O[C@H]4[C@H](O)[C@@H](NC(C)=O)[C@H](O[C@H]5[C@H](O)[C@@H](NC(C)=O)C(O)O[C@@H]5CO)O[C@@H]4CO)O[C@@H]3CO)O[C@H](CO)[C@@H](O)[C@@H]2O)c1.CN/C(=N\[N+](=O)[O-])NCc1cnc(Cl)s1. The maximum Gasteiger partial charge on any atom is 0.268 e. The Balaban J connectivity index is 0.000000837. The van der Waals surface area contributed by atoms with Crippen molar-refractivity contribution in [2.24, 2.45) is 5.10 Å². The first kappa shape index (κ1) is 74.3. The Bertz CT molecular complexity index is 2600. The van der Waals surface area contributed by atoms with Crippen LogP contribution in [-0.4, -0.2) is 253 Å². The van der Waals surface area contributed by atoms with Gasteiger partial charge in [0.15, 0.2) is 34.7 Å². The van der Waals surface area contributed by atoms with Gasteiger partial charge in [0.2, 0.25) is 17.7 Å². The topological polar surface area (TPSA) is 485 Å². The molecule has 4 amide bonds. The Labute approximate surface area is 521 Å². The van der Waals surface area contributed by atoms with Crippen LogP contribution in [0.15, 0.2) is 47.7 Å². The Morgan fingerprint density at radius 2 is 1.18 bits per heavy atom. The van der Waals surface area contributed by atoms with Crippen LogP contribution in [0.2, 0.25) is 4.47 Å². The summed E-state index contributed by atoms with van der Waals surface area (Å²) in [6.07, 6.45) is -14.5. The number of ether oxygens (including phenoxy) is 8. The summed E-state index contributed by atoms with van der Waals surface area (Å²) >= 11 is 6.92. The maximum absolute atomic E-state index is 13.8. The third-order valence-electron chi connectivity index (χ3n) is 14.4. The lowest BCUT2D eigenvalue weighted by Crippen LogP contribution is -2.71. The number of amides is 4. The average Bonchev–Trinajstić information content (AvgIpc) is 1.27. The number of carbonyl (C=O) groups excluding carboxylic acids is 4. The second-order valence-electron chi connectivity index (χ2n) is 21.1. The zero-order chi connectivity index (χ0) is 65.5. The number of carbonyl (C=O) groups is 4. The normalized spacial score (nSPS) is 32.2. The van der Waals surface area contributed by atoms with Gasteiger partial charge in [0.25, 0.3) is 11.9 Å². The largest absolute Gasteiger partial charge is 0.494 e. The summed E-state index contributed by atoms with van der Waals surface area (Å²) in [6.45, 7) is 2.62. The van der Waals surface area contributed by atoms with E-state index in [0.29, 0.717) is 23.4 Å². The lowest BCUT2D eigenvalue weighted by Gasteiger charge is -2.51. The Morgan fingerprint density at radius 1 is 0.685 bits per heavy atom. The molecule has 16 N–H and O–H groups in total. The smallest absolute Gasteiger partial charge is 0.268 e. The monoisotopic (exact) mass is 1310 g/mol. The zero-order valence-corrected chi connectivity index (χ0v) is 51.2. The highest BCUT2D eigenvalue weighted by molar-refractivity contribution is 7.15. The highest BCUT2D eigenvalue weighted by atomic mass is 35.5. The molecule has 35 heteroatoms. The third kappa shape index (κ3) is 21.9. The van der Waals surface area contributed by atoms with Crippen LogP contribution in [0, 0.1) is 10.1 Å². The fraction of sp³-hybridized carbons (Fsp3) is 0.704. The molecular formula is C54H84ClN9O24S. The van der Waals surface area contributed by atoms with Gasteiger partial charge in [0.05, 0.1) is 39.6 Å². The molecule has 2 aromatic rings. The van der Waals surface area contributed by atoms with Gasteiger partial charge in [-0.3, -0.25) is 19.2 Å². The number of nitrogens with one attached hydrogen (secondary N) is 6. The minimum Gasteiger partial charge on any atom is -0.494 e. The van der Waals surface area contributed by atoms with Crippen LogP contribution in [0.3, 0.4) is 0 Å². The van der Waals surface area contributed by atoms with Gasteiger partial charge in [-0.2, -0.15) is 0 Å². The number of guanidine groups is 1. The third-order valence-corrected chi connectivity index (χ3v) is 15.5. The molecule has 0 bridgehead atoms. The predicted molar refractivity (Wildman–Crippen MR) is 310 cm³/mol. The molecule has 5 heterocycles. The first-order valence-electron chi connectivity index (χ1n) is 28.8. The second-order valence-corrected chi connectivity index (χ2v) is 22.8. The van der Waals surface area contributed by atoms with Gasteiger partial charge in [-0.25, -0.2) is 15.1 Å². The number of hydrogen-bond donors (Lipinski definition) is 16. The molecule has 6 rings (SSSR count). The molecule has 4 aliphatic rings. The van der Waals surface area contributed by atoms with E-state index in [1.807, 2.05) is 0 Å². The molecule has 0 spiro atoms. The molecule has 0 saturated carbocycles. The lowest BCUT2D eigenvalue weighted by atomic mass is 9.93. The van der Waals surface area contributed by atoms with Crippen molar-refractivity contribution in [3.8, 4) is 5.75 Å². The lowest BCUT2D eigenvalue weighted by molar-refractivity contribution is -0.485. The van der Waals surface area contributed by atoms with Crippen LogP contribution in [-0.2, 0) is 54.1 Å². The molecule has 20 atom stereocenters. The number of benzene rings is 1. The van der Waals surface area contributed by atoms with Crippen LogP contribution in [0.4, 0.5) is 0 Å². The standard InChI is InChI=1S/C48H76N4O22.C6H8ClN5O2S/c1-5-6-7-8-9-10-11-12-13-17-67-27-16-14-15-26(18-27)44(65)52-33-37(61)36(60)28(19-53)69-46(33)73-42-30(21-55)71-48(35(39(42)63)51-25(4)59)74-43-31(22-56)70-47(34(40(43)64)50-24(3)58)72-41-29(20-54)68-45(66)32(38(41)62)49-23(2)57;1-8-6(11-12(13)14)10-3-4-2-9-5(7)15-4/h10-11,14-16,18,28-43,45-48,53-56,60-64,66H,5-9,12-13,17,19-22H2,1-4H3,(H,49,57)(H,50,58)(H,51,59)(H,52,65);2H,3H2,1H3,(H2,8,10,11)/b11-10-;/t28-,29-,30-,31-,32-,33-,34-,35-,36-,37-,38-,39-,40-,41-,42-,43-,45?,46+,47+,48+;/m1./s1. The van der Waals surface area contributed by atoms with E-state index in [2.05, 4.69) is 61.1 Å². The molecule has 4 saturated heterocycles. The van der Waals surface area contributed by atoms with E-state index in [0.717, 1.165) is 51.3 Å². The van der Waals surface area contributed by atoms with E-state index in [1.165, 1.54) is 49.8 Å². The summed E-state index contributed by atoms with van der Waals surface area (Å²) in [4.78, 5) is 65.7. The van der Waals surface area contributed by atoms with Crippen molar-refractivity contribution in [3.05, 3.63) is 67.6 Å². The van der Waals surface area contributed by atoms with Gasteiger partial charge in [-0.15, -0.1) is 11.3 Å². The van der Waals surface area contributed by atoms with Crippen molar-refractivity contribution in [2.45, 2.75) is 202 Å². The molecule has 0 radical (unpaired) electrons. The van der Waals surface area contributed by atoms with E-state index in [4.69, 9.17) is 49.5 Å². The van der Waals surface area contributed by atoms with E-state index in [1.54, 1.807) is 18.3 Å². The van der Waals surface area contributed by atoms with Gasteiger partial charge in [0.1, 0.15) is 108 Å². The summed E-state index contributed by atoms with van der Waals surface area (Å²) in [5.41, 5.74) is 0.0817. The van der Waals surface area contributed by atoms with Crippen molar-refractivity contribution >= 4 is 52.5 Å². The van der Waals surface area contributed by atoms with Crippen molar-refractivity contribution in [2.75, 3.05) is 40.1 Å². The van der Waals surface area contributed by atoms with Gasteiger partial charge in [-0.05, 0) is 43.9 Å². The van der Waals surface area contributed by atoms with Crippen molar-refractivity contribution < 1.29 is 113 Å². The molecule has 4 aliphatic heterocycles. The summed E-state index contributed by atoms with van der Waals surface area (Å²) in [5, 5.41) is 137. The average molecular weight is 1310 g/mol. The van der Waals surface area contributed by atoms with E-state index in [-0.39, 0.29) is 11.5 Å². The molecule has 502 valence electrons. The first-order valence-corrected chi connectivity index (χ1v) is 30.0. The van der Waals surface area contributed by atoms with Crippen LogP contribution >= 0.6 is 22.9 Å². The summed E-state index contributed by atoms with van der Waals surface area (Å²) in [7, 11) is 1.54. The maximum atomic E-state index is 13.8. The number of hydrogen-bond acceptors (Lipinski definition) is 26. The zero-order valence-electron chi connectivity index (χ0n) is 49.6. The number of nitro groups is 1. The Hall–Kier alpha value is -5.45. The molecule has 1 unspecified atom stereocenters. The fourth-order valence-corrected chi connectivity index (χ4v) is 10.9. The van der Waals surface area contributed by atoms with Gasteiger partial charge in [-0.1, -0.05) is 56.0 Å². The Morgan fingerprint density at radius 3 is 1.66 bits per heavy atom. The van der Waals surface area contributed by atoms with Gasteiger partial charge < -0.3 is 121 Å². The predicted octanol–water partition coefficient (Wildman–Crippen LogP) is -3.54. The molecule has 1 aromatic carbocycles. The van der Waals surface area contributed by atoms with Crippen molar-refractivity contribution in [3.63, 3.8) is 0 Å². The minimum atomic E-state index is -1.94. The molecule has 0 aliphatic carbocycles. The molecule has 4 fully saturated rings. The quantitative estimate of drug-likeness (QED) is 0.00980. The van der Waals surface area contributed by atoms with Crippen LogP contribution < -0.4 is 36.6 Å². The summed E-state index contributed by atoms with van der Waals surface area (Å²) < 4.78 is 47.8. The minimum absolute atomic E-state index is 0.0817. The summed E-state index contributed by atoms with van der Waals surface area (Å²) in [6, 6.07) is -0.191.